The Balaban J connectivity index is 2.39. The Morgan fingerprint density at radius 2 is 2.15 bits per heavy atom. The predicted molar refractivity (Wildman–Crippen MR) is 77.4 cm³/mol. The highest BCUT2D eigenvalue weighted by atomic mass is 16.5. The topological polar surface area (TPSA) is 75.0 Å². The SMILES string of the molecule is COC(=O)CCCCCNc1cc(C)nc(C)c1C#N. The highest BCUT2D eigenvalue weighted by Gasteiger charge is 2.07. The maximum atomic E-state index is 10.9. The van der Waals surface area contributed by atoms with Crippen LogP contribution in [0.2, 0.25) is 0 Å². The molecule has 0 aromatic carbocycles. The van der Waals surface area contributed by atoms with Crippen molar-refractivity contribution in [1.29, 1.82) is 5.26 Å². The second-order valence-corrected chi connectivity index (χ2v) is 4.70. The zero-order valence-electron chi connectivity index (χ0n) is 12.3. The summed E-state index contributed by atoms with van der Waals surface area (Å²) in [5.41, 5.74) is 3.09. The van der Waals surface area contributed by atoms with Gasteiger partial charge in [-0.05, 0) is 32.8 Å². The van der Waals surface area contributed by atoms with Gasteiger partial charge in [-0.1, -0.05) is 6.42 Å². The number of anilines is 1. The van der Waals surface area contributed by atoms with Gasteiger partial charge in [-0.3, -0.25) is 9.78 Å². The minimum Gasteiger partial charge on any atom is -0.469 e. The maximum Gasteiger partial charge on any atom is 0.305 e. The summed E-state index contributed by atoms with van der Waals surface area (Å²) < 4.78 is 4.59. The van der Waals surface area contributed by atoms with Crippen LogP contribution in [-0.4, -0.2) is 24.6 Å². The molecule has 0 spiro atoms. The van der Waals surface area contributed by atoms with Crippen LogP contribution in [-0.2, 0) is 9.53 Å². The Bertz CT molecular complexity index is 507. The van der Waals surface area contributed by atoms with E-state index in [-0.39, 0.29) is 5.97 Å². The normalized spacial score (nSPS) is 9.90. The number of carbonyl (C=O) groups excluding carboxylic acids is 1. The first-order chi connectivity index (χ1) is 9.58. The predicted octanol–water partition coefficient (Wildman–Crippen LogP) is 2.72. The second kappa shape index (κ2) is 8.16. The number of hydrogen-bond donors (Lipinski definition) is 1. The van der Waals surface area contributed by atoms with Crippen LogP contribution in [0.4, 0.5) is 5.69 Å². The molecule has 0 amide bonds. The summed E-state index contributed by atoms with van der Waals surface area (Å²) in [5, 5.41) is 12.4. The van der Waals surface area contributed by atoms with Crippen LogP contribution in [0.1, 0.15) is 42.6 Å². The van der Waals surface area contributed by atoms with Crippen LogP contribution in [0.25, 0.3) is 0 Å². The van der Waals surface area contributed by atoms with E-state index in [4.69, 9.17) is 5.26 Å². The zero-order chi connectivity index (χ0) is 15.0. The van der Waals surface area contributed by atoms with Crippen molar-refractivity contribution in [1.82, 2.24) is 4.98 Å². The van der Waals surface area contributed by atoms with Gasteiger partial charge in [0, 0.05) is 18.7 Å². The summed E-state index contributed by atoms with van der Waals surface area (Å²) in [5.74, 6) is -0.162. The molecule has 0 aliphatic heterocycles. The van der Waals surface area contributed by atoms with Crippen molar-refractivity contribution in [3.63, 3.8) is 0 Å². The number of esters is 1. The molecule has 0 saturated heterocycles. The Labute approximate surface area is 120 Å². The van der Waals surface area contributed by atoms with E-state index >= 15 is 0 Å². The van der Waals surface area contributed by atoms with E-state index in [9.17, 15) is 4.79 Å². The fourth-order valence-electron chi connectivity index (χ4n) is 2.01. The molecule has 0 atom stereocenters. The molecule has 0 fully saturated rings. The first-order valence-electron chi connectivity index (χ1n) is 6.77. The first-order valence-corrected chi connectivity index (χ1v) is 6.77. The number of rotatable bonds is 7. The lowest BCUT2D eigenvalue weighted by molar-refractivity contribution is -0.140. The Morgan fingerprint density at radius 3 is 2.80 bits per heavy atom. The molecule has 0 aliphatic carbocycles. The van der Waals surface area contributed by atoms with Crippen molar-refractivity contribution < 1.29 is 9.53 Å². The van der Waals surface area contributed by atoms with Crippen molar-refractivity contribution >= 4 is 11.7 Å². The van der Waals surface area contributed by atoms with Crippen molar-refractivity contribution in [2.24, 2.45) is 0 Å². The van der Waals surface area contributed by atoms with Crippen molar-refractivity contribution in [3.05, 3.63) is 23.0 Å². The number of nitriles is 1. The van der Waals surface area contributed by atoms with Gasteiger partial charge in [0.2, 0.25) is 0 Å². The first kappa shape index (κ1) is 16.0. The molecule has 1 N–H and O–H groups in total. The molecule has 1 heterocycles. The van der Waals surface area contributed by atoms with Gasteiger partial charge >= 0.3 is 5.97 Å². The van der Waals surface area contributed by atoms with Crippen molar-refractivity contribution in [2.45, 2.75) is 39.5 Å². The lowest BCUT2D eigenvalue weighted by atomic mass is 10.1. The molecule has 20 heavy (non-hydrogen) atoms. The van der Waals surface area contributed by atoms with Gasteiger partial charge in [-0.2, -0.15) is 5.26 Å². The number of pyridine rings is 1. The number of unbranched alkanes of at least 4 members (excludes halogenated alkanes) is 2. The number of carbonyl (C=O) groups is 1. The number of methoxy groups -OCH3 is 1. The van der Waals surface area contributed by atoms with Crippen LogP contribution in [0.5, 0.6) is 0 Å². The van der Waals surface area contributed by atoms with Gasteiger partial charge in [0.15, 0.2) is 0 Å². The Hall–Kier alpha value is -2.09. The highest BCUT2D eigenvalue weighted by molar-refractivity contribution is 5.69. The molecule has 0 radical (unpaired) electrons. The van der Waals surface area contributed by atoms with Crippen LogP contribution in [0, 0.1) is 25.2 Å². The van der Waals surface area contributed by atoms with Crippen LogP contribution < -0.4 is 5.32 Å². The van der Waals surface area contributed by atoms with Gasteiger partial charge in [-0.15, -0.1) is 0 Å². The summed E-state index contributed by atoms with van der Waals surface area (Å²) in [7, 11) is 1.40. The molecule has 0 bridgehead atoms. The quantitative estimate of drug-likeness (QED) is 0.611. The third-order valence-corrected chi connectivity index (χ3v) is 3.04. The third kappa shape index (κ3) is 4.88. The van der Waals surface area contributed by atoms with Gasteiger partial charge in [0.1, 0.15) is 6.07 Å². The number of nitrogens with zero attached hydrogens (tertiary/aromatic N) is 2. The standard InChI is InChI=1S/C15H21N3O2/c1-11-9-14(13(10-16)12(2)18-11)17-8-6-4-5-7-15(19)20-3/h9H,4-8H2,1-3H3,(H,17,18). The van der Waals surface area contributed by atoms with Crippen molar-refractivity contribution in [3.8, 4) is 6.07 Å². The Kier molecular flexibility index (Phi) is 6.51. The minimum absolute atomic E-state index is 0.162. The number of hydrogen-bond acceptors (Lipinski definition) is 5. The minimum atomic E-state index is -0.162. The number of ether oxygens (including phenoxy) is 1. The Morgan fingerprint density at radius 1 is 1.40 bits per heavy atom. The fraction of sp³-hybridized carbons (Fsp3) is 0.533. The maximum absolute atomic E-state index is 10.9. The van der Waals surface area contributed by atoms with Gasteiger partial charge in [0.25, 0.3) is 0 Å². The molecule has 0 aliphatic rings. The fourth-order valence-corrected chi connectivity index (χ4v) is 2.01. The summed E-state index contributed by atoms with van der Waals surface area (Å²) in [4.78, 5) is 15.2. The zero-order valence-corrected chi connectivity index (χ0v) is 12.3. The summed E-state index contributed by atoms with van der Waals surface area (Å²) in [6.07, 6.45) is 3.19. The van der Waals surface area contributed by atoms with Crippen LogP contribution in [0.3, 0.4) is 0 Å². The molecule has 5 nitrogen and oxygen atoms in total. The smallest absolute Gasteiger partial charge is 0.305 e. The number of aryl methyl sites for hydroxylation is 2. The van der Waals surface area contributed by atoms with E-state index < -0.39 is 0 Å². The third-order valence-electron chi connectivity index (χ3n) is 3.04. The summed E-state index contributed by atoms with van der Waals surface area (Å²) in [6.45, 7) is 4.53. The molecule has 108 valence electrons. The second-order valence-electron chi connectivity index (χ2n) is 4.70. The lowest BCUT2D eigenvalue weighted by Gasteiger charge is -2.10. The number of aromatic nitrogens is 1. The monoisotopic (exact) mass is 275 g/mol. The lowest BCUT2D eigenvalue weighted by Crippen LogP contribution is -2.06. The average molecular weight is 275 g/mol. The summed E-state index contributed by atoms with van der Waals surface area (Å²) in [6, 6.07) is 4.07. The van der Waals surface area contributed by atoms with E-state index in [1.165, 1.54) is 7.11 Å². The number of nitrogens with one attached hydrogen (secondary N) is 1. The summed E-state index contributed by atoms with van der Waals surface area (Å²) >= 11 is 0. The van der Waals surface area contributed by atoms with E-state index in [2.05, 4.69) is 21.1 Å². The average Bonchev–Trinajstić information content (AvgIpc) is 2.41. The molecule has 0 saturated carbocycles. The molecule has 1 rings (SSSR count). The van der Waals surface area contributed by atoms with Crippen LogP contribution in [0.15, 0.2) is 6.07 Å². The van der Waals surface area contributed by atoms with E-state index in [1.54, 1.807) is 0 Å². The van der Waals surface area contributed by atoms with Crippen molar-refractivity contribution in [2.75, 3.05) is 19.0 Å². The van der Waals surface area contributed by atoms with E-state index in [1.807, 2.05) is 19.9 Å². The van der Waals surface area contributed by atoms with Gasteiger partial charge < -0.3 is 10.1 Å². The van der Waals surface area contributed by atoms with E-state index in [0.717, 1.165) is 42.9 Å². The molecule has 0 unspecified atom stereocenters. The molecule has 1 aromatic heterocycles. The molecule has 5 heteroatoms. The largest absolute Gasteiger partial charge is 0.469 e. The van der Waals surface area contributed by atoms with E-state index in [0.29, 0.717) is 12.0 Å². The van der Waals surface area contributed by atoms with Gasteiger partial charge in [-0.25, -0.2) is 0 Å². The molecular weight excluding hydrogens is 254 g/mol. The van der Waals surface area contributed by atoms with Gasteiger partial charge in [0.05, 0.1) is 24.1 Å². The molecule has 1 aromatic rings. The highest BCUT2D eigenvalue weighted by Crippen LogP contribution is 2.18. The molecular formula is C15H21N3O2. The van der Waals surface area contributed by atoms with Crippen LogP contribution >= 0.6 is 0 Å².